The minimum Gasteiger partial charge on any atom is -0.493 e. The molecule has 0 aliphatic heterocycles. The van der Waals surface area contributed by atoms with Crippen molar-refractivity contribution in [2.24, 2.45) is 0 Å². The molecule has 0 aromatic heterocycles. The summed E-state index contributed by atoms with van der Waals surface area (Å²) < 4.78 is 16.3. The molecule has 0 unspecified atom stereocenters. The van der Waals surface area contributed by atoms with Crippen LogP contribution in [0.25, 0.3) is 0 Å². The number of nitrogens with one attached hydrogen (secondary N) is 2. The summed E-state index contributed by atoms with van der Waals surface area (Å²) in [7, 11) is 4.58. The number of rotatable bonds is 9. The van der Waals surface area contributed by atoms with Crippen LogP contribution < -0.4 is 24.8 Å². The van der Waals surface area contributed by atoms with Crippen molar-refractivity contribution < 1.29 is 19.0 Å². The van der Waals surface area contributed by atoms with Crippen molar-refractivity contribution in [3.8, 4) is 23.3 Å². The maximum absolute atomic E-state index is 13.3. The molecule has 2 N–H and O–H groups in total. The zero-order valence-corrected chi connectivity index (χ0v) is 18.2. The number of hydrogen-bond donors (Lipinski definition) is 2. The predicted molar refractivity (Wildman–Crippen MR) is 122 cm³/mol. The first kappa shape index (κ1) is 22.5. The second kappa shape index (κ2) is 10.7. The Morgan fingerprint density at radius 2 is 1.56 bits per heavy atom. The summed E-state index contributed by atoms with van der Waals surface area (Å²) in [5.41, 5.74) is 2.85. The van der Waals surface area contributed by atoms with Crippen molar-refractivity contribution in [3.63, 3.8) is 0 Å². The molecule has 0 spiro atoms. The van der Waals surface area contributed by atoms with Gasteiger partial charge in [-0.25, -0.2) is 0 Å². The summed E-state index contributed by atoms with van der Waals surface area (Å²) in [6, 6.07) is 21.4. The third-order valence-corrected chi connectivity index (χ3v) is 4.92. The van der Waals surface area contributed by atoms with Crippen molar-refractivity contribution in [1.82, 2.24) is 5.32 Å². The largest absolute Gasteiger partial charge is 0.493 e. The van der Waals surface area contributed by atoms with Gasteiger partial charge in [-0.2, -0.15) is 5.26 Å². The van der Waals surface area contributed by atoms with Gasteiger partial charge in [0.2, 0.25) is 11.7 Å². The van der Waals surface area contributed by atoms with Crippen LogP contribution >= 0.6 is 0 Å². The van der Waals surface area contributed by atoms with Gasteiger partial charge in [-0.15, -0.1) is 0 Å². The Balaban J connectivity index is 1.95. The van der Waals surface area contributed by atoms with E-state index in [0.29, 0.717) is 40.6 Å². The Morgan fingerprint density at radius 1 is 0.938 bits per heavy atom. The molecule has 0 bridgehead atoms. The van der Waals surface area contributed by atoms with Crippen LogP contribution in [-0.2, 0) is 11.3 Å². The summed E-state index contributed by atoms with van der Waals surface area (Å²) in [6.07, 6.45) is 0. The molecule has 0 radical (unpaired) electrons. The van der Waals surface area contributed by atoms with E-state index in [9.17, 15) is 4.79 Å². The van der Waals surface area contributed by atoms with Gasteiger partial charge in [-0.05, 0) is 47.5 Å². The number of methoxy groups -OCH3 is 3. The predicted octanol–water partition coefficient (Wildman–Crippen LogP) is 4.05. The van der Waals surface area contributed by atoms with Crippen molar-refractivity contribution in [1.29, 1.82) is 5.26 Å². The van der Waals surface area contributed by atoms with Crippen molar-refractivity contribution in [2.45, 2.75) is 12.6 Å². The Morgan fingerprint density at radius 3 is 2.09 bits per heavy atom. The molecule has 164 valence electrons. The lowest BCUT2D eigenvalue weighted by atomic mass is 10.0. The topological polar surface area (TPSA) is 92.6 Å². The highest BCUT2D eigenvalue weighted by Crippen LogP contribution is 2.40. The third-order valence-electron chi connectivity index (χ3n) is 4.92. The number of benzene rings is 3. The number of carbonyl (C=O) groups is 1. The fourth-order valence-corrected chi connectivity index (χ4v) is 3.26. The molecular formula is C25H25N3O4. The molecule has 7 heteroatoms. The van der Waals surface area contributed by atoms with Gasteiger partial charge in [0.05, 0.1) is 33.0 Å². The van der Waals surface area contributed by atoms with Crippen LogP contribution in [0.2, 0.25) is 0 Å². The van der Waals surface area contributed by atoms with Gasteiger partial charge in [-0.1, -0.05) is 30.3 Å². The molecule has 1 amide bonds. The highest BCUT2D eigenvalue weighted by molar-refractivity contribution is 5.86. The molecule has 7 nitrogen and oxygen atoms in total. The Kier molecular flexibility index (Phi) is 7.55. The maximum Gasteiger partial charge on any atom is 0.247 e. The number of anilines is 1. The molecular weight excluding hydrogens is 406 g/mol. The third kappa shape index (κ3) is 5.29. The number of hydrogen-bond acceptors (Lipinski definition) is 6. The Labute approximate surface area is 187 Å². The second-order valence-electron chi connectivity index (χ2n) is 6.93. The summed E-state index contributed by atoms with van der Waals surface area (Å²) >= 11 is 0. The van der Waals surface area contributed by atoms with Gasteiger partial charge in [0, 0.05) is 12.2 Å². The fraction of sp³-hybridized carbons (Fsp3) is 0.200. The molecule has 0 saturated carbocycles. The average Bonchev–Trinajstić information content (AvgIpc) is 2.85. The second-order valence-corrected chi connectivity index (χ2v) is 6.93. The smallest absolute Gasteiger partial charge is 0.247 e. The molecule has 3 aromatic rings. The van der Waals surface area contributed by atoms with Crippen LogP contribution in [0.5, 0.6) is 17.2 Å². The van der Waals surface area contributed by atoms with E-state index < -0.39 is 6.04 Å². The monoisotopic (exact) mass is 431 g/mol. The molecule has 0 heterocycles. The molecule has 0 saturated heterocycles. The highest BCUT2D eigenvalue weighted by Gasteiger charge is 2.24. The van der Waals surface area contributed by atoms with Gasteiger partial charge < -0.3 is 24.8 Å². The average molecular weight is 431 g/mol. The van der Waals surface area contributed by atoms with Crippen molar-refractivity contribution >= 4 is 11.6 Å². The number of nitriles is 1. The highest BCUT2D eigenvalue weighted by atomic mass is 16.5. The van der Waals surface area contributed by atoms with Gasteiger partial charge in [0.1, 0.15) is 6.04 Å². The quantitative estimate of drug-likeness (QED) is 0.531. The van der Waals surface area contributed by atoms with E-state index in [0.717, 1.165) is 5.56 Å². The molecule has 0 fully saturated rings. The van der Waals surface area contributed by atoms with Crippen molar-refractivity contribution in [2.75, 3.05) is 26.6 Å². The first-order valence-corrected chi connectivity index (χ1v) is 9.97. The summed E-state index contributed by atoms with van der Waals surface area (Å²) in [5, 5.41) is 15.3. The molecule has 3 aromatic carbocycles. The Hall–Kier alpha value is -4.18. The maximum atomic E-state index is 13.3. The van der Waals surface area contributed by atoms with Crippen LogP contribution in [-0.4, -0.2) is 27.2 Å². The normalized spacial score (nSPS) is 11.1. The van der Waals surface area contributed by atoms with Crippen LogP contribution in [0.1, 0.15) is 22.7 Å². The van der Waals surface area contributed by atoms with Crippen LogP contribution in [0.3, 0.4) is 0 Å². The molecule has 0 aliphatic carbocycles. The zero-order valence-electron chi connectivity index (χ0n) is 18.2. The minimum absolute atomic E-state index is 0.229. The van der Waals surface area contributed by atoms with Crippen LogP contribution in [0.15, 0.2) is 66.7 Å². The number of carbonyl (C=O) groups excluding carboxylic acids is 1. The van der Waals surface area contributed by atoms with Gasteiger partial charge in [-0.3, -0.25) is 4.79 Å². The Bertz CT molecular complexity index is 1070. The van der Waals surface area contributed by atoms with E-state index in [4.69, 9.17) is 19.5 Å². The molecule has 0 aliphatic rings. The van der Waals surface area contributed by atoms with Crippen LogP contribution in [0, 0.1) is 11.3 Å². The van der Waals surface area contributed by atoms with Crippen molar-refractivity contribution in [3.05, 3.63) is 83.4 Å². The molecule has 3 rings (SSSR count). The van der Waals surface area contributed by atoms with E-state index in [1.54, 1.807) is 36.4 Å². The molecule has 32 heavy (non-hydrogen) atoms. The van der Waals surface area contributed by atoms with Crippen LogP contribution in [0.4, 0.5) is 5.69 Å². The minimum atomic E-state index is -0.750. The van der Waals surface area contributed by atoms with E-state index in [1.807, 2.05) is 30.3 Å². The van der Waals surface area contributed by atoms with Gasteiger partial charge in [0.25, 0.3) is 0 Å². The van der Waals surface area contributed by atoms with E-state index in [2.05, 4.69) is 16.7 Å². The number of nitrogens with zero attached hydrogens (tertiary/aromatic N) is 1. The standard InChI is InChI=1S/C25H25N3O4/c1-30-21-13-19(14-22(31-2)24(21)32-3)23(28-20-11-9-17(15-26)10-12-20)25(29)27-16-18-7-5-4-6-8-18/h4-14,23,28H,16H2,1-3H3,(H,27,29)/t23-/m0/s1. The van der Waals surface area contributed by atoms with E-state index in [1.165, 1.54) is 21.3 Å². The summed E-state index contributed by atoms with van der Waals surface area (Å²) in [6.45, 7) is 0.385. The fourth-order valence-electron chi connectivity index (χ4n) is 3.26. The summed E-state index contributed by atoms with van der Waals surface area (Å²) in [5.74, 6) is 1.11. The van der Waals surface area contributed by atoms with Gasteiger partial charge >= 0.3 is 0 Å². The lowest BCUT2D eigenvalue weighted by molar-refractivity contribution is -0.122. The zero-order chi connectivity index (χ0) is 22.9. The lowest BCUT2D eigenvalue weighted by Crippen LogP contribution is -2.33. The molecule has 1 atom stereocenters. The SMILES string of the molecule is COc1cc([C@H](Nc2ccc(C#N)cc2)C(=O)NCc2ccccc2)cc(OC)c1OC. The first-order valence-electron chi connectivity index (χ1n) is 9.97. The number of ether oxygens (including phenoxy) is 3. The van der Waals surface area contributed by atoms with Gasteiger partial charge in [0.15, 0.2) is 11.5 Å². The lowest BCUT2D eigenvalue weighted by Gasteiger charge is -2.22. The number of amides is 1. The first-order chi connectivity index (χ1) is 15.6. The van der Waals surface area contributed by atoms with E-state index in [-0.39, 0.29) is 5.91 Å². The summed E-state index contributed by atoms with van der Waals surface area (Å²) in [4.78, 5) is 13.3. The van der Waals surface area contributed by atoms with E-state index >= 15 is 0 Å².